The van der Waals surface area contributed by atoms with E-state index in [2.05, 4.69) is 5.32 Å². The first kappa shape index (κ1) is 26.7. The van der Waals surface area contributed by atoms with E-state index >= 15 is 0 Å². The average Bonchev–Trinajstić information content (AvgIpc) is 2.84. The fourth-order valence-corrected chi connectivity index (χ4v) is 5.05. The lowest BCUT2D eigenvalue weighted by molar-refractivity contribution is -0.140. The van der Waals surface area contributed by atoms with E-state index < -0.39 is 28.5 Å². The van der Waals surface area contributed by atoms with Crippen molar-refractivity contribution in [3.05, 3.63) is 77.3 Å². The van der Waals surface area contributed by atoms with E-state index in [4.69, 9.17) is 11.6 Å². The van der Waals surface area contributed by atoms with Crippen LogP contribution in [0.4, 0.5) is 0 Å². The van der Waals surface area contributed by atoms with Gasteiger partial charge in [-0.1, -0.05) is 61.0 Å². The fraction of sp³-hybridized carbons (Fsp3) is 0.308. The number of carbonyl (C=O) groups excluding carboxylic acids is 2. The van der Waals surface area contributed by atoms with E-state index in [1.807, 2.05) is 31.2 Å². The van der Waals surface area contributed by atoms with Crippen LogP contribution < -0.4 is 5.32 Å². The van der Waals surface area contributed by atoms with Crippen LogP contribution in [0.1, 0.15) is 25.8 Å². The molecule has 1 N–H and O–H groups in total. The molecular weight excluding hydrogens is 486 g/mol. The Bertz CT molecular complexity index is 1310. The molecule has 0 aliphatic rings. The van der Waals surface area contributed by atoms with Gasteiger partial charge in [0.25, 0.3) is 0 Å². The van der Waals surface area contributed by atoms with Gasteiger partial charge in [-0.25, -0.2) is 8.42 Å². The third-order valence-corrected chi connectivity index (χ3v) is 7.78. The summed E-state index contributed by atoms with van der Waals surface area (Å²) in [6.07, 6.45) is 0.757. The molecule has 0 spiro atoms. The molecule has 35 heavy (non-hydrogen) atoms. The molecule has 0 aliphatic carbocycles. The van der Waals surface area contributed by atoms with E-state index in [-0.39, 0.29) is 17.3 Å². The van der Waals surface area contributed by atoms with Crippen LogP contribution >= 0.6 is 11.6 Å². The predicted octanol–water partition coefficient (Wildman–Crippen LogP) is 4.06. The molecular formula is C26H30ClN3O4S. The molecule has 0 aromatic heterocycles. The first-order chi connectivity index (χ1) is 16.6. The smallest absolute Gasteiger partial charge is 0.243 e. The average molecular weight is 516 g/mol. The Morgan fingerprint density at radius 3 is 2.40 bits per heavy atom. The SMILES string of the molecule is CCCNC(=O)[C@H](C)N(Cc1cccc(Cl)c1)C(=O)CN(C)S(=O)(=O)c1ccc2ccccc2c1. The minimum Gasteiger partial charge on any atom is -0.354 e. The number of likely N-dealkylation sites (N-methyl/N-ethyl adjacent to an activating group) is 1. The maximum Gasteiger partial charge on any atom is 0.243 e. The van der Waals surface area contributed by atoms with Gasteiger partial charge in [0.2, 0.25) is 21.8 Å². The second kappa shape index (κ2) is 11.7. The molecule has 0 unspecified atom stereocenters. The van der Waals surface area contributed by atoms with Crippen LogP contribution in [0.2, 0.25) is 5.02 Å². The normalized spacial score (nSPS) is 12.5. The summed E-state index contributed by atoms with van der Waals surface area (Å²) in [6.45, 7) is 3.75. The number of carbonyl (C=O) groups is 2. The number of benzene rings is 3. The zero-order valence-electron chi connectivity index (χ0n) is 20.1. The molecule has 3 aromatic rings. The van der Waals surface area contributed by atoms with Gasteiger partial charge in [-0.15, -0.1) is 0 Å². The number of halogens is 1. The summed E-state index contributed by atoms with van der Waals surface area (Å²) >= 11 is 6.10. The molecule has 0 aliphatic heterocycles. The van der Waals surface area contributed by atoms with E-state index in [0.717, 1.165) is 27.1 Å². The molecule has 9 heteroatoms. The summed E-state index contributed by atoms with van der Waals surface area (Å²) in [5, 5.41) is 5.02. The van der Waals surface area contributed by atoms with Crippen LogP contribution in [-0.4, -0.2) is 55.6 Å². The van der Waals surface area contributed by atoms with Gasteiger partial charge in [0.15, 0.2) is 0 Å². The van der Waals surface area contributed by atoms with E-state index in [1.54, 1.807) is 43.3 Å². The Kier molecular flexibility index (Phi) is 8.88. The maximum atomic E-state index is 13.4. The first-order valence-corrected chi connectivity index (χ1v) is 13.2. The van der Waals surface area contributed by atoms with Gasteiger partial charge in [-0.2, -0.15) is 4.31 Å². The van der Waals surface area contributed by atoms with Crippen molar-refractivity contribution in [2.45, 2.75) is 37.8 Å². The highest BCUT2D eigenvalue weighted by atomic mass is 35.5. The highest BCUT2D eigenvalue weighted by Crippen LogP contribution is 2.22. The molecule has 2 amide bonds. The molecule has 0 radical (unpaired) electrons. The summed E-state index contributed by atoms with van der Waals surface area (Å²) in [6, 6.07) is 18.5. The van der Waals surface area contributed by atoms with Crippen LogP contribution in [0.3, 0.4) is 0 Å². The number of nitrogens with one attached hydrogen (secondary N) is 1. The lowest BCUT2D eigenvalue weighted by Gasteiger charge is -2.30. The van der Waals surface area contributed by atoms with Crippen molar-refractivity contribution < 1.29 is 18.0 Å². The van der Waals surface area contributed by atoms with Crippen molar-refractivity contribution in [1.29, 1.82) is 0 Å². The third-order valence-electron chi connectivity index (χ3n) is 5.75. The van der Waals surface area contributed by atoms with Crippen LogP contribution in [0, 0.1) is 0 Å². The summed E-state index contributed by atoms with van der Waals surface area (Å²) in [4.78, 5) is 27.5. The topological polar surface area (TPSA) is 86.8 Å². The Hall–Kier alpha value is -2.94. The number of rotatable bonds is 10. The number of amides is 2. The molecule has 0 saturated heterocycles. The second-order valence-electron chi connectivity index (χ2n) is 8.39. The highest BCUT2D eigenvalue weighted by Gasteiger charge is 2.30. The van der Waals surface area contributed by atoms with Gasteiger partial charge in [-0.05, 0) is 53.9 Å². The van der Waals surface area contributed by atoms with E-state index in [9.17, 15) is 18.0 Å². The Morgan fingerprint density at radius 1 is 1.00 bits per heavy atom. The van der Waals surface area contributed by atoms with Crippen molar-refractivity contribution in [2.75, 3.05) is 20.1 Å². The van der Waals surface area contributed by atoms with Crippen molar-refractivity contribution in [3.8, 4) is 0 Å². The number of nitrogens with zero attached hydrogens (tertiary/aromatic N) is 2. The minimum absolute atomic E-state index is 0.0987. The van der Waals surface area contributed by atoms with Crippen LogP contribution in [0.15, 0.2) is 71.6 Å². The Morgan fingerprint density at radius 2 is 1.71 bits per heavy atom. The van der Waals surface area contributed by atoms with Crippen LogP contribution in [-0.2, 0) is 26.2 Å². The van der Waals surface area contributed by atoms with Gasteiger partial charge in [0, 0.05) is 25.2 Å². The zero-order valence-corrected chi connectivity index (χ0v) is 21.6. The quantitative estimate of drug-likeness (QED) is 0.441. The molecule has 0 heterocycles. The summed E-state index contributed by atoms with van der Waals surface area (Å²) in [7, 11) is -2.57. The zero-order chi connectivity index (χ0) is 25.6. The minimum atomic E-state index is -3.93. The monoisotopic (exact) mass is 515 g/mol. The standard InChI is InChI=1S/C26H30ClN3O4S/c1-4-14-28-26(32)19(2)30(17-20-8-7-11-23(27)15-20)25(31)18-29(3)35(33,34)24-13-12-21-9-5-6-10-22(21)16-24/h5-13,15-16,19H,4,14,17-18H2,1-3H3,(H,28,32)/t19-/m0/s1. The lowest BCUT2D eigenvalue weighted by Crippen LogP contribution is -2.50. The van der Waals surface area contributed by atoms with E-state index in [1.165, 1.54) is 18.0 Å². The Balaban J connectivity index is 1.84. The van der Waals surface area contributed by atoms with Gasteiger partial charge in [0.05, 0.1) is 11.4 Å². The third kappa shape index (κ3) is 6.60. The lowest BCUT2D eigenvalue weighted by atomic mass is 10.1. The summed E-state index contributed by atoms with van der Waals surface area (Å²) < 4.78 is 27.5. The van der Waals surface area contributed by atoms with Gasteiger partial charge in [0.1, 0.15) is 6.04 Å². The molecule has 1 atom stereocenters. The van der Waals surface area contributed by atoms with Crippen molar-refractivity contribution in [3.63, 3.8) is 0 Å². The van der Waals surface area contributed by atoms with E-state index in [0.29, 0.717) is 11.6 Å². The number of fused-ring (bicyclic) bond motifs is 1. The number of hydrogen-bond acceptors (Lipinski definition) is 4. The van der Waals surface area contributed by atoms with Crippen molar-refractivity contribution >= 4 is 44.2 Å². The Labute approximate surface area is 211 Å². The van der Waals surface area contributed by atoms with Gasteiger partial charge < -0.3 is 10.2 Å². The molecule has 3 rings (SSSR count). The summed E-state index contributed by atoms with van der Waals surface area (Å²) in [5.74, 6) is -0.793. The summed E-state index contributed by atoms with van der Waals surface area (Å²) in [5.41, 5.74) is 0.737. The predicted molar refractivity (Wildman–Crippen MR) is 139 cm³/mol. The molecule has 0 fully saturated rings. The highest BCUT2D eigenvalue weighted by molar-refractivity contribution is 7.89. The number of sulfonamides is 1. The second-order valence-corrected chi connectivity index (χ2v) is 10.9. The largest absolute Gasteiger partial charge is 0.354 e. The molecule has 3 aromatic carbocycles. The molecule has 7 nitrogen and oxygen atoms in total. The molecule has 186 valence electrons. The maximum absolute atomic E-state index is 13.4. The fourth-order valence-electron chi connectivity index (χ4n) is 3.68. The van der Waals surface area contributed by atoms with Crippen LogP contribution in [0.5, 0.6) is 0 Å². The van der Waals surface area contributed by atoms with Gasteiger partial charge >= 0.3 is 0 Å². The van der Waals surface area contributed by atoms with Crippen molar-refractivity contribution in [1.82, 2.24) is 14.5 Å². The number of hydrogen-bond donors (Lipinski definition) is 1. The van der Waals surface area contributed by atoms with Crippen molar-refractivity contribution in [2.24, 2.45) is 0 Å². The van der Waals surface area contributed by atoms with Gasteiger partial charge in [-0.3, -0.25) is 9.59 Å². The van der Waals surface area contributed by atoms with Crippen LogP contribution in [0.25, 0.3) is 10.8 Å². The molecule has 0 saturated carbocycles. The molecule has 0 bridgehead atoms. The first-order valence-electron chi connectivity index (χ1n) is 11.4.